The van der Waals surface area contributed by atoms with Gasteiger partial charge in [0.2, 0.25) is 0 Å². The molecule has 0 unspecified atom stereocenters. The van der Waals surface area contributed by atoms with Crippen LogP contribution >= 0.6 is 15.9 Å². The number of aryl methyl sites for hydroxylation is 1. The summed E-state index contributed by atoms with van der Waals surface area (Å²) in [5.74, 6) is 1.52. The minimum absolute atomic E-state index is 0.544. The normalized spacial score (nSPS) is 15.4. The predicted molar refractivity (Wildman–Crippen MR) is 63.6 cm³/mol. The van der Waals surface area contributed by atoms with E-state index in [1.807, 2.05) is 10.7 Å². The Bertz CT molecular complexity index is 531. The lowest BCUT2D eigenvalue weighted by atomic mass is 10.2. The first-order valence-corrected chi connectivity index (χ1v) is 6.10. The minimum atomic E-state index is 0.544. The van der Waals surface area contributed by atoms with Crippen LogP contribution in [0.4, 0.5) is 0 Å². The molecule has 0 spiro atoms. The van der Waals surface area contributed by atoms with Crippen molar-refractivity contribution in [1.29, 1.82) is 0 Å². The molecular weight excluding hydrogens is 268 g/mol. The fourth-order valence-corrected chi connectivity index (χ4v) is 2.16. The molecule has 82 valence electrons. The Kier molecular flexibility index (Phi) is 2.28. The number of tetrazole rings is 1. The molecule has 0 N–H and O–H groups in total. The molecule has 1 aliphatic rings. The molecule has 4 nitrogen and oxygen atoms in total. The highest BCUT2D eigenvalue weighted by atomic mass is 79.9. The third kappa shape index (κ3) is 1.65. The molecule has 1 saturated carbocycles. The number of benzene rings is 1. The molecule has 2 aromatic rings. The average molecular weight is 279 g/mol. The first-order chi connectivity index (χ1) is 7.75. The van der Waals surface area contributed by atoms with Crippen LogP contribution in [0.15, 0.2) is 22.7 Å². The molecule has 1 aromatic carbocycles. The molecular formula is C11H11BrN4. The van der Waals surface area contributed by atoms with Crippen LogP contribution in [-0.4, -0.2) is 20.2 Å². The summed E-state index contributed by atoms with van der Waals surface area (Å²) in [5, 5.41) is 12.0. The second kappa shape index (κ2) is 3.66. The maximum Gasteiger partial charge on any atom is 0.159 e. The smallest absolute Gasteiger partial charge is 0.159 e. The highest BCUT2D eigenvalue weighted by molar-refractivity contribution is 9.10. The van der Waals surface area contributed by atoms with E-state index < -0.39 is 0 Å². The molecule has 1 aromatic heterocycles. The second-order valence-electron chi connectivity index (χ2n) is 4.18. The minimum Gasteiger partial charge on any atom is -0.196 e. The Labute approximate surface area is 102 Å². The lowest BCUT2D eigenvalue weighted by Gasteiger charge is -2.06. The summed E-state index contributed by atoms with van der Waals surface area (Å²) < 4.78 is 2.86. The monoisotopic (exact) mass is 278 g/mol. The van der Waals surface area contributed by atoms with Crippen molar-refractivity contribution in [2.75, 3.05) is 0 Å². The summed E-state index contributed by atoms with van der Waals surface area (Å²) in [6.45, 7) is 2.07. The Morgan fingerprint density at radius 2 is 2.19 bits per heavy atom. The van der Waals surface area contributed by atoms with Gasteiger partial charge in [-0.3, -0.25) is 0 Å². The Balaban J connectivity index is 2.13. The number of halogens is 1. The van der Waals surface area contributed by atoms with Gasteiger partial charge in [-0.2, -0.15) is 4.68 Å². The van der Waals surface area contributed by atoms with Crippen molar-refractivity contribution in [3.05, 3.63) is 34.1 Å². The first kappa shape index (κ1) is 9.96. The van der Waals surface area contributed by atoms with E-state index in [1.54, 1.807) is 0 Å². The van der Waals surface area contributed by atoms with Gasteiger partial charge in [0.05, 0.1) is 5.69 Å². The molecule has 0 radical (unpaired) electrons. The largest absolute Gasteiger partial charge is 0.196 e. The van der Waals surface area contributed by atoms with E-state index in [9.17, 15) is 0 Å². The van der Waals surface area contributed by atoms with Gasteiger partial charge in [-0.05, 0) is 63.8 Å². The highest BCUT2D eigenvalue weighted by Crippen LogP contribution is 2.39. The van der Waals surface area contributed by atoms with Gasteiger partial charge < -0.3 is 0 Å². The zero-order valence-corrected chi connectivity index (χ0v) is 10.5. The van der Waals surface area contributed by atoms with Crippen LogP contribution in [0.5, 0.6) is 0 Å². The van der Waals surface area contributed by atoms with Crippen molar-refractivity contribution in [2.45, 2.75) is 25.7 Å². The number of hydrogen-bond acceptors (Lipinski definition) is 3. The SMILES string of the molecule is Cc1ccc(Br)c(-n2nnnc2C2CC2)c1. The Morgan fingerprint density at radius 1 is 1.38 bits per heavy atom. The summed E-state index contributed by atoms with van der Waals surface area (Å²) >= 11 is 3.54. The summed E-state index contributed by atoms with van der Waals surface area (Å²) in [4.78, 5) is 0. The standard InChI is InChI=1S/C11H11BrN4/c1-7-2-5-9(12)10(6-7)16-11(8-3-4-8)13-14-15-16/h2,5-6,8H,3-4H2,1H3. The molecule has 16 heavy (non-hydrogen) atoms. The van der Waals surface area contributed by atoms with Crippen molar-refractivity contribution in [2.24, 2.45) is 0 Å². The topological polar surface area (TPSA) is 43.6 Å². The summed E-state index contributed by atoms with van der Waals surface area (Å²) in [6, 6.07) is 6.18. The zero-order valence-electron chi connectivity index (χ0n) is 8.89. The van der Waals surface area contributed by atoms with Crippen molar-refractivity contribution >= 4 is 15.9 Å². The van der Waals surface area contributed by atoms with Crippen molar-refractivity contribution in [1.82, 2.24) is 20.2 Å². The van der Waals surface area contributed by atoms with Gasteiger partial charge in [0, 0.05) is 10.4 Å². The van der Waals surface area contributed by atoms with Crippen LogP contribution in [0.25, 0.3) is 5.69 Å². The van der Waals surface area contributed by atoms with Gasteiger partial charge in [-0.15, -0.1) is 5.10 Å². The van der Waals surface area contributed by atoms with E-state index in [1.165, 1.54) is 18.4 Å². The van der Waals surface area contributed by atoms with Gasteiger partial charge in [-0.25, -0.2) is 0 Å². The van der Waals surface area contributed by atoms with Crippen LogP contribution in [0, 0.1) is 6.92 Å². The van der Waals surface area contributed by atoms with E-state index in [-0.39, 0.29) is 0 Å². The van der Waals surface area contributed by atoms with Crippen molar-refractivity contribution < 1.29 is 0 Å². The lowest BCUT2D eigenvalue weighted by molar-refractivity contribution is 0.760. The maximum absolute atomic E-state index is 4.11. The molecule has 0 saturated heterocycles. The van der Waals surface area contributed by atoms with Gasteiger partial charge in [-0.1, -0.05) is 6.07 Å². The molecule has 1 fully saturated rings. The quantitative estimate of drug-likeness (QED) is 0.848. The average Bonchev–Trinajstić information content (AvgIpc) is 3.01. The van der Waals surface area contributed by atoms with E-state index in [0.717, 1.165) is 16.0 Å². The van der Waals surface area contributed by atoms with E-state index in [2.05, 4.69) is 50.5 Å². The summed E-state index contributed by atoms with van der Waals surface area (Å²) in [6.07, 6.45) is 2.40. The van der Waals surface area contributed by atoms with Crippen molar-refractivity contribution in [3.8, 4) is 5.69 Å². The number of aromatic nitrogens is 4. The third-order valence-electron chi connectivity index (χ3n) is 2.77. The molecule has 0 amide bonds. The van der Waals surface area contributed by atoms with Crippen molar-refractivity contribution in [3.63, 3.8) is 0 Å². The molecule has 1 aliphatic carbocycles. The molecule has 0 bridgehead atoms. The van der Waals surface area contributed by atoms with Crippen LogP contribution < -0.4 is 0 Å². The number of nitrogens with zero attached hydrogens (tertiary/aromatic N) is 4. The van der Waals surface area contributed by atoms with Crippen LogP contribution in [0.2, 0.25) is 0 Å². The second-order valence-corrected chi connectivity index (χ2v) is 5.03. The summed E-state index contributed by atoms with van der Waals surface area (Å²) in [7, 11) is 0. The molecule has 3 rings (SSSR count). The van der Waals surface area contributed by atoms with Crippen LogP contribution in [0.3, 0.4) is 0 Å². The number of hydrogen-bond donors (Lipinski definition) is 0. The fraction of sp³-hybridized carbons (Fsp3) is 0.364. The molecule has 1 heterocycles. The van der Waals surface area contributed by atoms with E-state index in [4.69, 9.17) is 0 Å². The molecule has 0 atom stereocenters. The summed E-state index contributed by atoms with van der Waals surface area (Å²) in [5.41, 5.74) is 2.22. The first-order valence-electron chi connectivity index (χ1n) is 5.30. The van der Waals surface area contributed by atoms with Crippen LogP contribution in [-0.2, 0) is 0 Å². The predicted octanol–water partition coefficient (Wildman–Crippen LogP) is 2.61. The van der Waals surface area contributed by atoms with Gasteiger partial charge in [0.1, 0.15) is 0 Å². The van der Waals surface area contributed by atoms with E-state index >= 15 is 0 Å². The highest BCUT2D eigenvalue weighted by Gasteiger charge is 2.30. The third-order valence-corrected chi connectivity index (χ3v) is 3.44. The van der Waals surface area contributed by atoms with Gasteiger partial charge >= 0.3 is 0 Å². The Hall–Kier alpha value is -1.23. The maximum atomic E-state index is 4.11. The Morgan fingerprint density at radius 3 is 2.94 bits per heavy atom. The molecule has 5 heteroatoms. The zero-order chi connectivity index (χ0) is 11.1. The van der Waals surface area contributed by atoms with E-state index in [0.29, 0.717) is 5.92 Å². The fourth-order valence-electron chi connectivity index (χ4n) is 1.75. The van der Waals surface area contributed by atoms with Gasteiger partial charge in [0.15, 0.2) is 5.82 Å². The van der Waals surface area contributed by atoms with Crippen LogP contribution in [0.1, 0.15) is 30.1 Å². The van der Waals surface area contributed by atoms with Gasteiger partial charge in [0.25, 0.3) is 0 Å². The number of rotatable bonds is 2. The molecule has 0 aliphatic heterocycles. The lowest BCUT2D eigenvalue weighted by Crippen LogP contribution is -2.03.